The predicted molar refractivity (Wildman–Crippen MR) is 98.1 cm³/mol. The quantitative estimate of drug-likeness (QED) is 0.462. The van der Waals surface area contributed by atoms with Crippen LogP contribution in [-0.2, 0) is 9.59 Å². The second-order valence-corrected chi connectivity index (χ2v) is 5.25. The summed E-state index contributed by atoms with van der Waals surface area (Å²) in [5.74, 6) is -1.80. The van der Waals surface area contributed by atoms with E-state index < -0.39 is 17.7 Å². The molecule has 0 atom stereocenters. The highest BCUT2D eigenvalue weighted by Crippen LogP contribution is 2.03. The molecule has 0 heterocycles. The zero-order valence-corrected chi connectivity index (χ0v) is 13.9. The fourth-order valence-corrected chi connectivity index (χ4v) is 2.06. The number of carbonyl (C=O) groups excluding carboxylic acids is 2. The smallest absolute Gasteiger partial charge is 0.252 e. The van der Waals surface area contributed by atoms with Crippen LogP contribution in [0.5, 0.6) is 0 Å². The molecule has 6 heteroatoms. The van der Waals surface area contributed by atoms with E-state index in [1.807, 2.05) is 60.7 Å². The van der Waals surface area contributed by atoms with Gasteiger partial charge in [-0.1, -0.05) is 67.6 Å². The Labute approximate surface area is 146 Å². The summed E-state index contributed by atoms with van der Waals surface area (Å²) in [5.41, 5.74) is 6.49. The van der Waals surface area contributed by atoms with E-state index >= 15 is 0 Å². The van der Waals surface area contributed by atoms with E-state index in [0.717, 1.165) is 11.1 Å². The third-order valence-corrected chi connectivity index (χ3v) is 3.42. The van der Waals surface area contributed by atoms with Gasteiger partial charge in [0.05, 0.1) is 12.4 Å². The first-order valence-electron chi connectivity index (χ1n) is 7.96. The van der Waals surface area contributed by atoms with Crippen molar-refractivity contribution in [3.8, 4) is 0 Å². The average molecular weight is 336 g/mol. The maximum Gasteiger partial charge on any atom is 0.252 e. The van der Waals surface area contributed by atoms with Gasteiger partial charge in [0.25, 0.3) is 11.8 Å². The van der Waals surface area contributed by atoms with Crippen LogP contribution >= 0.6 is 0 Å². The molecule has 2 N–H and O–H groups in total. The van der Waals surface area contributed by atoms with Crippen LogP contribution in [0, 0.1) is 5.92 Å². The van der Waals surface area contributed by atoms with Gasteiger partial charge in [0, 0.05) is 0 Å². The molecular weight excluding hydrogens is 316 g/mol. The van der Waals surface area contributed by atoms with Gasteiger partial charge in [0.15, 0.2) is 0 Å². The first-order chi connectivity index (χ1) is 12.2. The zero-order chi connectivity index (χ0) is 17.9. The van der Waals surface area contributed by atoms with E-state index in [1.54, 1.807) is 6.92 Å². The highest BCUT2D eigenvalue weighted by atomic mass is 16.2. The van der Waals surface area contributed by atoms with Crippen molar-refractivity contribution in [1.29, 1.82) is 0 Å². The van der Waals surface area contributed by atoms with E-state index in [-0.39, 0.29) is 0 Å². The molecule has 128 valence electrons. The number of amides is 2. The lowest BCUT2D eigenvalue weighted by molar-refractivity contribution is -0.135. The van der Waals surface area contributed by atoms with Gasteiger partial charge in [-0.2, -0.15) is 10.2 Å². The second-order valence-electron chi connectivity index (χ2n) is 5.25. The Morgan fingerprint density at radius 1 is 0.840 bits per heavy atom. The van der Waals surface area contributed by atoms with Gasteiger partial charge in [-0.25, -0.2) is 10.9 Å². The largest absolute Gasteiger partial charge is 0.272 e. The van der Waals surface area contributed by atoms with Crippen molar-refractivity contribution in [1.82, 2.24) is 10.9 Å². The molecule has 0 bridgehead atoms. The van der Waals surface area contributed by atoms with Crippen LogP contribution in [0.2, 0.25) is 0 Å². The highest BCUT2D eigenvalue weighted by Gasteiger charge is 2.24. The Kier molecular flexibility index (Phi) is 7.06. The number of benzene rings is 2. The van der Waals surface area contributed by atoms with Crippen LogP contribution in [-0.4, -0.2) is 24.2 Å². The molecule has 0 saturated heterocycles. The van der Waals surface area contributed by atoms with Gasteiger partial charge >= 0.3 is 0 Å². The van der Waals surface area contributed by atoms with Crippen molar-refractivity contribution in [3.63, 3.8) is 0 Å². The van der Waals surface area contributed by atoms with Gasteiger partial charge in [0.2, 0.25) is 0 Å². The maximum atomic E-state index is 12.1. The molecule has 2 aromatic carbocycles. The number of hydrogen-bond acceptors (Lipinski definition) is 4. The summed E-state index contributed by atoms with van der Waals surface area (Å²) in [6.45, 7) is 1.76. The summed E-state index contributed by atoms with van der Waals surface area (Å²) in [6.07, 6.45) is 3.39. The molecule has 0 saturated carbocycles. The fourth-order valence-electron chi connectivity index (χ4n) is 2.06. The van der Waals surface area contributed by atoms with Gasteiger partial charge in [-0.3, -0.25) is 9.59 Å². The molecule has 2 rings (SSSR count). The molecule has 0 spiro atoms. The van der Waals surface area contributed by atoms with Gasteiger partial charge in [-0.15, -0.1) is 0 Å². The normalized spacial score (nSPS) is 11.1. The lowest BCUT2D eigenvalue weighted by atomic mass is 10.1. The van der Waals surface area contributed by atoms with Crippen LogP contribution < -0.4 is 10.9 Å². The first-order valence-corrected chi connectivity index (χ1v) is 7.96. The molecule has 0 aliphatic rings. The Bertz CT molecular complexity index is 679. The lowest BCUT2D eigenvalue weighted by Gasteiger charge is -2.10. The van der Waals surface area contributed by atoms with Crippen molar-refractivity contribution in [2.45, 2.75) is 13.3 Å². The molecule has 0 aliphatic heterocycles. The molecule has 0 radical (unpaired) electrons. The predicted octanol–water partition coefficient (Wildman–Crippen LogP) is 2.31. The Balaban J connectivity index is 1.87. The zero-order valence-electron chi connectivity index (χ0n) is 13.9. The monoisotopic (exact) mass is 336 g/mol. The highest BCUT2D eigenvalue weighted by molar-refractivity contribution is 6.00. The van der Waals surface area contributed by atoms with Crippen molar-refractivity contribution < 1.29 is 9.59 Å². The summed E-state index contributed by atoms with van der Waals surface area (Å²) in [6, 6.07) is 18.7. The Morgan fingerprint density at radius 2 is 1.24 bits per heavy atom. The number of carbonyl (C=O) groups is 2. The summed E-state index contributed by atoms with van der Waals surface area (Å²) in [7, 11) is 0. The van der Waals surface area contributed by atoms with Crippen LogP contribution in [0.1, 0.15) is 24.5 Å². The SMILES string of the molecule is CCC(C(=O)N/N=C\c1ccccc1)C(=O)N/N=C\c1ccccc1. The number of hydrogen-bond donors (Lipinski definition) is 2. The molecule has 0 aromatic heterocycles. The van der Waals surface area contributed by atoms with Crippen molar-refractivity contribution in [3.05, 3.63) is 71.8 Å². The standard InChI is InChI=1S/C19H20N4O2/c1-2-17(18(24)22-20-13-15-9-5-3-6-10-15)19(25)23-21-14-16-11-7-4-8-12-16/h3-14,17H,2H2,1H3,(H,22,24)(H,23,25)/b20-13-,21-14-. The topological polar surface area (TPSA) is 82.9 Å². The van der Waals surface area contributed by atoms with Crippen molar-refractivity contribution >= 4 is 24.2 Å². The molecule has 2 amide bonds. The van der Waals surface area contributed by atoms with Gasteiger partial charge in [-0.05, 0) is 17.5 Å². The second kappa shape index (κ2) is 9.77. The minimum absolute atomic E-state index is 0.347. The molecule has 0 fully saturated rings. The molecule has 0 aliphatic carbocycles. The molecule has 0 unspecified atom stereocenters. The van der Waals surface area contributed by atoms with Crippen molar-refractivity contribution in [2.24, 2.45) is 16.1 Å². The molecule has 25 heavy (non-hydrogen) atoms. The summed E-state index contributed by atoms with van der Waals surface area (Å²) < 4.78 is 0. The van der Waals surface area contributed by atoms with Crippen LogP contribution in [0.15, 0.2) is 70.9 Å². The number of hydrazone groups is 2. The third kappa shape index (κ3) is 6.02. The minimum atomic E-state index is -0.860. The number of nitrogens with one attached hydrogen (secondary N) is 2. The minimum Gasteiger partial charge on any atom is -0.272 e. The number of nitrogens with zero attached hydrogens (tertiary/aromatic N) is 2. The van der Waals surface area contributed by atoms with Crippen molar-refractivity contribution in [2.75, 3.05) is 0 Å². The first kappa shape index (κ1) is 18.1. The van der Waals surface area contributed by atoms with Crippen LogP contribution in [0.3, 0.4) is 0 Å². The molecular formula is C19H20N4O2. The van der Waals surface area contributed by atoms with E-state index in [9.17, 15) is 9.59 Å². The maximum absolute atomic E-state index is 12.1. The summed E-state index contributed by atoms with van der Waals surface area (Å²) in [5, 5.41) is 7.76. The fraction of sp³-hybridized carbons (Fsp3) is 0.158. The van der Waals surface area contributed by atoms with Crippen LogP contribution in [0.25, 0.3) is 0 Å². The summed E-state index contributed by atoms with van der Waals surface area (Å²) >= 11 is 0. The third-order valence-electron chi connectivity index (χ3n) is 3.42. The van der Waals surface area contributed by atoms with E-state index in [4.69, 9.17) is 0 Å². The molecule has 2 aromatic rings. The van der Waals surface area contributed by atoms with Gasteiger partial charge < -0.3 is 0 Å². The van der Waals surface area contributed by atoms with Gasteiger partial charge in [0.1, 0.15) is 5.92 Å². The average Bonchev–Trinajstić information content (AvgIpc) is 2.64. The lowest BCUT2D eigenvalue weighted by Crippen LogP contribution is -2.37. The molecule has 6 nitrogen and oxygen atoms in total. The van der Waals surface area contributed by atoms with Crippen LogP contribution in [0.4, 0.5) is 0 Å². The Morgan fingerprint density at radius 3 is 1.60 bits per heavy atom. The van der Waals surface area contributed by atoms with E-state index in [0.29, 0.717) is 6.42 Å². The van der Waals surface area contributed by atoms with E-state index in [1.165, 1.54) is 12.4 Å². The van der Waals surface area contributed by atoms with E-state index in [2.05, 4.69) is 21.1 Å². The Hall–Kier alpha value is -3.28. The number of rotatable bonds is 7. The summed E-state index contributed by atoms with van der Waals surface area (Å²) in [4.78, 5) is 24.2.